The van der Waals surface area contributed by atoms with Crippen LogP contribution in [-0.2, 0) is 9.53 Å². The molecule has 1 aromatic carbocycles. The Hall–Kier alpha value is -1.48. The average molecular weight is 254 g/mol. The molecule has 4 heteroatoms. The lowest BCUT2D eigenvalue weighted by molar-refractivity contribution is -0.121. The fourth-order valence-corrected chi connectivity index (χ4v) is 1.27. The van der Waals surface area contributed by atoms with E-state index in [2.05, 4.69) is 5.32 Å². The van der Waals surface area contributed by atoms with Crippen molar-refractivity contribution < 1.29 is 9.53 Å². The van der Waals surface area contributed by atoms with Gasteiger partial charge in [0.25, 0.3) is 0 Å². The molecule has 1 N–H and O–H groups in total. The van der Waals surface area contributed by atoms with Crippen LogP contribution in [0.25, 0.3) is 0 Å². The molecule has 0 unspecified atom stereocenters. The molecule has 17 heavy (non-hydrogen) atoms. The Morgan fingerprint density at radius 1 is 1.35 bits per heavy atom. The molecule has 0 aromatic heterocycles. The van der Waals surface area contributed by atoms with Crippen molar-refractivity contribution in [2.24, 2.45) is 5.41 Å². The van der Waals surface area contributed by atoms with E-state index < -0.39 is 5.41 Å². The van der Waals surface area contributed by atoms with Crippen LogP contribution in [0.4, 0.5) is 5.69 Å². The maximum absolute atomic E-state index is 12.0. The largest absolute Gasteiger partial charge is 0.505 e. The standard InChI is InChI=1S/C13H16ClNO2/c1-13(2,8-9-17-3)12(16)15-11-6-4-10(14)5-7-11/h4-9H,1-3H3,(H,15,16). The number of carbonyl (C=O) groups excluding carboxylic acids is 1. The summed E-state index contributed by atoms with van der Waals surface area (Å²) in [6.45, 7) is 3.63. The first kappa shape index (κ1) is 13.6. The van der Waals surface area contributed by atoms with E-state index in [4.69, 9.17) is 16.3 Å². The van der Waals surface area contributed by atoms with E-state index in [-0.39, 0.29) is 5.91 Å². The van der Waals surface area contributed by atoms with Gasteiger partial charge in [0.2, 0.25) is 5.91 Å². The Morgan fingerprint density at radius 2 is 1.94 bits per heavy atom. The summed E-state index contributed by atoms with van der Waals surface area (Å²) in [5.41, 5.74) is 0.0913. The lowest BCUT2D eigenvalue weighted by Gasteiger charge is -2.19. The number of hydrogen-bond donors (Lipinski definition) is 1. The number of hydrogen-bond acceptors (Lipinski definition) is 2. The second kappa shape index (κ2) is 5.73. The van der Waals surface area contributed by atoms with Gasteiger partial charge >= 0.3 is 0 Å². The zero-order valence-corrected chi connectivity index (χ0v) is 10.9. The van der Waals surface area contributed by atoms with Crippen LogP contribution in [0, 0.1) is 5.41 Å². The normalized spacial score (nSPS) is 11.5. The molecule has 3 nitrogen and oxygen atoms in total. The van der Waals surface area contributed by atoms with Crippen molar-refractivity contribution >= 4 is 23.2 Å². The van der Waals surface area contributed by atoms with Crippen molar-refractivity contribution in [3.05, 3.63) is 41.6 Å². The summed E-state index contributed by atoms with van der Waals surface area (Å²) >= 11 is 5.77. The molecule has 1 aromatic rings. The highest BCUT2D eigenvalue weighted by atomic mass is 35.5. The molecule has 0 saturated heterocycles. The van der Waals surface area contributed by atoms with Gasteiger partial charge in [-0.25, -0.2) is 0 Å². The zero-order valence-electron chi connectivity index (χ0n) is 10.2. The molecule has 0 aliphatic rings. The molecule has 1 amide bonds. The molecule has 0 spiro atoms. The van der Waals surface area contributed by atoms with Crippen LogP contribution in [-0.4, -0.2) is 13.0 Å². The fourth-order valence-electron chi connectivity index (χ4n) is 1.14. The Labute approximate surface area is 106 Å². The van der Waals surface area contributed by atoms with Gasteiger partial charge in [0.05, 0.1) is 18.8 Å². The number of rotatable bonds is 4. The van der Waals surface area contributed by atoms with E-state index in [1.165, 1.54) is 6.26 Å². The van der Waals surface area contributed by atoms with E-state index in [9.17, 15) is 4.79 Å². The van der Waals surface area contributed by atoms with Crippen molar-refractivity contribution in [1.82, 2.24) is 0 Å². The average Bonchev–Trinajstić information content (AvgIpc) is 2.29. The molecule has 92 valence electrons. The molecule has 0 atom stereocenters. The SMILES string of the molecule is COC=CC(C)(C)C(=O)Nc1ccc(Cl)cc1. The number of nitrogens with one attached hydrogen (secondary N) is 1. The maximum Gasteiger partial charge on any atom is 0.233 e. The van der Waals surface area contributed by atoms with E-state index in [0.29, 0.717) is 5.02 Å². The van der Waals surface area contributed by atoms with Crippen molar-refractivity contribution in [3.63, 3.8) is 0 Å². The fraction of sp³-hybridized carbons (Fsp3) is 0.308. The Morgan fingerprint density at radius 3 is 2.47 bits per heavy atom. The van der Waals surface area contributed by atoms with Gasteiger partial charge in [-0.3, -0.25) is 4.79 Å². The number of carbonyl (C=O) groups is 1. The Balaban J connectivity index is 2.71. The molecule has 0 radical (unpaired) electrons. The third-order valence-electron chi connectivity index (χ3n) is 2.31. The van der Waals surface area contributed by atoms with Crippen molar-refractivity contribution in [3.8, 4) is 0 Å². The van der Waals surface area contributed by atoms with Crippen LogP contribution in [0.15, 0.2) is 36.6 Å². The zero-order chi connectivity index (χ0) is 12.9. The molecular formula is C13H16ClNO2. The predicted molar refractivity (Wildman–Crippen MR) is 70.0 cm³/mol. The number of methoxy groups -OCH3 is 1. The number of anilines is 1. The smallest absolute Gasteiger partial charge is 0.233 e. The monoisotopic (exact) mass is 253 g/mol. The summed E-state index contributed by atoms with van der Waals surface area (Å²) in [5, 5.41) is 3.45. The van der Waals surface area contributed by atoms with Crippen molar-refractivity contribution in [2.45, 2.75) is 13.8 Å². The summed E-state index contributed by atoms with van der Waals surface area (Å²) in [6, 6.07) is 6.98. The second-order valence-corrected chi connectivity index (χ2v) is 4.66. The van der Waals surface area contributed by atoms with E-state index in [0.717, 1.165) is 5.69 Å². The highest BCUT2D eigenvalue weighted by molar-refractivity contribution is 6.30. The van der Waals surface area contributed by atoms with E-state index in [1.807, 2.05) is 13.8 Å². The van der Waals surface area contributed by atoms with Gasteiger partial charge in [0.15, 0.2) is 0 Å². The summed E-state index contributed by atoms with van der Waals surface area (Å²) < 4.78 is 4.82. The summed E-state index contributed by atoms with van der Waals surface area (Å²) in [6.07, 6.45) is 3.21. The van der Waals surface area contributed by atoms with Gasteiger partial charge in [0, 0.05) is 10.7 Å². The van der Waals surface area contributed by atoms with Gasteiger partial charge in [-0.05, 0) is 44.2 Å². The predicted octanol–water partition coefficient (Wildman–Crippen LogP) is 3.46. The van der Waals surface area contributed by atoms with Crippen molar-refractivity contribution in [1.29, 1.82) is 0 Å². The highest BCUT2D eigenvalue weighted by Crippen LogP contribution is 2.21. The van der Waals surface area contributed by atoms with Gasteiger partial charge < -0.3 is 10.1 Å². The lowest BCUT2D eigenvalue weighted by Crippen LogP contribution is -2.28. The van der Waals surface area contributed by atoms with E-state index >= 15 is 0 Å². The molecule has 0 fully saturated rings. The third-order valence-corrected chi connectivity index (χ3v) is 2.56. The molecule has 1 rings (SSSR count). The minimum atomic E-state index is -0.629. The molecule has 0 aliphatic carbocycles. The quantitative estimate of drug-likeness (QED) is 0.835. The lowest BCUT2D eigenvalue weighted by atomic mass is 9.92. The Kier molecular flexibility index (Phi) is 4.58. The van der Waals surface area contributed by atoms with Crippen LogP contribution in [0.2, 0.25) is 5.02 Å². The molecule has 0 saturated carbocycles. The van der Waals surface area contributed by atoms with Gasteiger partial charge in [0.1, 0.15) is 0 Å². The molecular weight excluding hydrogens is 238 g/mol. The summed E-state index contributed by atoms with van der Waals surface area (Å²) in [4.78, 5) is 12.0. The summed E-state index contributed by atoms with van der Waals surface area (Å²) in [7, 11) is 1.55. The highest BCUT2D eigenvalue weighted by Gasteiger charge is 2.24. The van der Waals surface area contributed by atoms with Crippen LogP contribution in [0.3, 0.4) is 0 Å². The van der Waals surface area contributed by atoms with Gasteiger partial charge in [-0.2, -0.15) is 0 Å². The first-order chi connectivity index (χ1) is 7.95. The molecule has 0 bridgehead atoms. The third kappa shape index (κ3) is 4.11. The number of halogens is 1. The molecule has 0 aliphatic heterocycles. The Bertz CT molecular complexity index is 410. The van der Waals surface area contributed by atoms with Crippen LogP contribution >= 0.6 is 11.6 Å². The number of ether oxygens (including phenoxy) is 1. The van der Waals surface area contributed by atoms with Gasteiger partial charge in [-0.1, -0.05) is 11.6 Å². The van der Waals surface area contributed by atoms with Gasteiger partial charge in [-0.15, -0.1) is 0 Å². The van der Waals surface area contributed by atoms with Crippen molar-refractivity contribution in [2.75, 3.05) is 12.4 Å². The topological polar surface area (TPSA) is 38.3 Å². The minimum Gasteiger partial charge on any atom is -0.505 e. The number of benzene rings is 1. The number of amides is 1. The first-order valence-corrected chi connectivity index (χ1v) is 5.61. The van der Waals surface area contributed by atoms with Crippen LogP contribution in [0.5, 0.6) is 0 Å². The van der Waals surface area contributed by atoms with Crippen LogP contribution < -0.4 is 5.32 Å². The maximum atomic E-state index is 12.0. The second-order valence-electron chi connectivity index (χ2n) is 4.22. The summed E-state index contributed by atoms with van der Waals surface area (Å²) in [5.74, 6) is -0.104. The van der Waals surface area contributed by atoms with E-state index in [1.54, 1.807) is 37.5 Å². The minimum absolute atomic E-state index is 0.104. The molecule has 0 heterocycles. The first-order valence-electron chi connectivity index (χ1n) is 5.23. The van der Waals surface area contributed by atoms with Crippen LogP contribution in [0.1, 0.15) is 13.8 Å².